The predicted molar refractivity (Wildman–Crippen MR) is 46.7 cm³/mol. The van der Waals surface area contributed by atoms with Crippen LogP contribution >= 0.6 is 0 Å². The summed E-state index contributed by atoms with van der Waals surface area (Å²) < 4.78 is 14.5. The minimum absolute atomic E-state index is 0.327. The number of amides is 1. The van der Waals surface area contributed by atoms with Crippen LogP contribution in [0, 0.1) is 11.8 Å². The van der Waals surface area contributed by atoms with Crippen molar-refractivity contribution in [3.8, 4) is 0 Å². The van der Waals surface area contributed by atoms with E-state index in [0.29, 0.717) is 6.42 Å². The highest BCUT2D eigenvalue weighted by molar-refractivity contribution is 7.92. The molecule has 2 atom stereocenters. The molecular weight excluding hydrogens is 194 g/mol. The molecule has 13 heavy (non-hydrogen) atoms. The van der Waals surface area contributed by atoms with Gasteiger partial charge in [0.2, 0.25) is 0 Å². The summed E-state index contributed by atoms with van der Waals surface area (Å²) in [4.78, 5) is 21.5. The molecule has 0 aromatic rings. The van der Waals surface area contributed by atoms with Crippen molar-refractivity contribution in [2.24, 2.45) is 16.2 Å². The van der Waals surface area contributed by atoms with E-state index in [-0.39, 0.29) is 0 Å². The molecule has 0 aliphatic heterocycles. The molecule has 0 aromatic heterocycles. The topological polar surface area (TPSA) is 83.8 Å². The number of carboxylic acids is 1. The largest absolute Gasteiger partial charge is 0.481 e. The van der Waals surface area contributed by atoms with E-state index in [2.05, 4.69) is 4.36 Å². The van der Waals surface area contributed by atoms with Crippen molar-refractivity contribution in [1.82, 2.24) is 0 Å². The number of rotatable bonds is 2. The van der Waals surface area contributed by atoms with Crippen LogP contribution in [0.5, 0.6) is 0 Å². The third kappa shape index (κ3) is 2.80. The molecule has 6 heteroatoms. The fourth-order valence-corrected chi connectivity index (χ4v) is 1.59. The second kappa shape index (κ2) is 3.10. The first kappa shape index (κ1) is 10.2. The highest BCUT2D eigenvalue weighted by Gasteiger charge is 2.48. The van der Waals surface area contributed by atoms with Gasteiger partial charge in [0.1, 0.15) is 0 Å². The van der Waals surface area contributed by atoms with Gasteiger partial charge < -0.3 is 5.11 Å². The van der Waals surface area contributed by atoms with Gasteiger partial charge in [-0.25, -0.2) is 4.21 Å². The Balaban J connectivity index is 2.65. The van der Waals surface area contributed by atoms with Gasteiger partial charge in [0.05, 0.1) is 11.8 Å². The molecule has 0 spiro atoms. The average Bonchev–Trinajstić information content (AvgIpc) is 2.58. The first-order valence-corrected chi connectivity index (χ1v) is 6.08. The van der Waals surface area contributed by atoms with Gasteiger partial charge in [-0.3, -0.25) is 9.59 Å². The zero-order valence-corrected chi connectivity index (χ0v) is 8.21. The molecule has 5 nitrogen and oxygen atoms in total. The van der Waals surface area contributed by atoms with Crippen LogP contribution in [0.25, 0.3) is 0 Å². The van der Waals surface area contributed by atoms with Crippen LogP contribution in [0.4, 0.5) is 0 Å². The summed E-state index contributed by atoms with van der Waals surface area (Å²) in [5, 5.41) is 8.51. The van der Waals surface area contributed by atoms with Crippen LogP contribution in [0.15, 0.2) is 4.36 Å². The third-order valence-corrected chi connectivity index (χ3v) is 2.35. The van der Waals surface area contributed by atoms with Crippen molar-refractivity contribution in [2.75, 3.05) is 12.5 Å². The molecule has 1 aliphatic carbocycles. The highest BCUT2D eigenvalue weighted by Crippen LogP contribution is 2.39. The lowest BCUT2D eigenvalue weighted by atomic mass is 10.3. The van der Waals surface area contributed by atoms with E-state index in [1.807, 2.05) is 0 Å². The Morgan fingerprint density at radius 1 is 1.38 bits per heavy atom. The number of hydrogen-bond donors (Lipinski definition) is 1. The Morgan fingerprint density at radius 2 is 1.92 bits per heavy atom. The van der Waals surface area contributed by atoms with Crippen molar-refractivity contribution >= 4 is 21.6 Å². The smallest absolute Gasteiger partial charge is 0.307 e. The average molecular weight is 205 g/mol. The van der Waals surface area contributed by atoms with Gasteiger partial charge >= 0.3 is 5.97 Å². The van der Waals surface area contributed by atoms with Crippen LogP contribution < -0.4 is 0 Å². The molecule has 0 saturated heterocycles. The summed E-state index contributed by atoms with van der Waals surface area (Å²) in [6.45, 7) is 0. The lowest BCUT2D eigenvalue weighted by Gasteiger charge is -1.93. The number of hydrogen-bond acceptors (Lipinski definition) is 3. The standard InChI is InChI=1S/C7H11NO4S/c1-13(2,12)8-6(9)4-3-5(4)7(10)11/h4-5H,3H2,1-2H3,(H,10,11). The van der Waals surface area contributed by atoms with Gasteiger partial charge in [-0.15, -0.1) is 0 Å². The molecule has 1 N–H and O–H groups in total. The molecule has 0 aromatic carbocycles. The van der Waals surface area contributed by atoms with Crippen molar-refractivity contribution in [3.05, 3.63) is 0 Å². The van der Waals surface area contributed by atoms with Crippen molar-refractivity contribution < 1.29 is 18.9 Å². The fourth-order valence-electron chi connectivity index (χ4n) is 1.03. The van der Waals surface area contributed by atoms with Gasteiger partial charge in [0.15, 0.2) is 0 Å². The summed E-state index contributed by atoms with van der Waals surface area (Å²) in [6.07, 6.45) is 3.03. The monoisotopic (exact) mass is 205 g/mol. The van der Waals surface area contributed by atoms with E-state index in [1.165, 1.54) is 12.5 Å². The first-order chi connectivity index (χ1) is 5.81. The van der Waals surface area contributed by atoms with Gasteiger partial charge in [-0.05, 0) is 6.42 Å². The lowest BCUT2D eigenvalue weighted by molar-refractivity contribution is -0.139. The third-order valence-electron chi connectivity index (χ3n) is 1.73. The number of carboxylic acid groups (broad SMARTS) is 1. The predicted octanol–water partition coefficient (Wildman–Crippen LogP) is -0.0387. The van der Waals surface area contributed by atoms with Crippen LogP contribution in [-0.4, -0.2) is 33.7 Å². The number of carbonyl (C=O) groups is 2. The lowest BCUT2D eigenvalue weighted by Crippen LogP contribution is -2.07. The maximum atomic E-state index is 11.1. The summed E-state index contributed by atoms with van der Waals surface area (Å²) in [6, 6.07) is 0. The van der Waals surface area contributed by atoms with Crippen molar-refractivity contribution in [3.63, 3.8) is 0 Å². The molecule has 1 rings (SSSR count). The maximum Gasteiger partial charge on any atom is 0.307 e. The minimum Gasteiger partial charge on any atom is -0.481 e. The molecule has 1 amide bonds. The summed E-state index contributed by atoms with van der Waals surface area (Å²) >= 11 is 0. The second-order valence-electron chi connectivity index (χ2n) is 3.40. The molecule has 1 aliphatic rings. The normalized spacial score (nSPS) is 26.6. The fraction of sp³-hybridized carbons (Fsp3) is 0.714. The van der Waals surface area contributed by atoms with Crippen molar-refractivity contribution in [2.45, 2.75) is 6.42 Å². The van der Waals surface area contributed by atoms with Gasteiger partial charge in [0.25, 0.3) is 5.91 Å². The Labute approximate surface area is 76.3 Å². The summed E-state index contributed by atoms with van der Waals surface area (Å²) in [5.74, 6) is -2.68. The van der Waals surface area contributed by atoms with Crippen LogP contribution in [0.1, 0.15) is 6.42 Å². The molecule has 0 bridgehead atoms. The summed E-state index contributed by atoms with van der Waals surface area (Å²) in [5.41, 5.74) is 0. The number of carbonyl (C=O) groups excluding carboxylic acids is 1. The Morgan fingerprint density at radius 3 is 2.23 bits per heavy atom. The molecular formula is C7H11NO4S. The van der Waals surface area contributed by atoms with E-state index in [9.17, 15) is 13.8 Å². The Hall–Kier alpha value is -0.910. The Kier molecular flexibility index (Phi) is 2.42. The SMILES string of the molecule is CS(C)(=O)=NC(=O)C1CC1C(=O)O. The molecule has 74 valence electrons. The van der Waals surface area contributed by atoms with E-state index in [1.54, 1.807) is 0 Å². The van der Waals surface area contributed by atoms with E-state index in [0.717, 1.165) is 0 Å². The van der Waals surface area contributed by atoms with Crippen LogP contribution in [-0.2, 0) is 19.3 Å². The van der Waals surface area contributed by atoms with E-state index in [4.69, 9.17) is 5.11 Å². The highest BCUT2D eigenvalue weighted by atomic mass is 32.2. The van der Waals surface area contributed by atoms with Crippen LogP contribution in [0.2, 0.25) is 0 Å². The minimum atomic E-state index is -2.44. The molecule has 1 fully saturated rings. The quantitative estimate of drug-likeness (QED) is 0.685. The molecule has 0 radical (unpaired) electrons. The van der Waals surface area contributed by atoms with E-state index >= 15 is 0 Å². The first-order valence-electron chi connectivity index (χ1n) is 3.75. The zero-order chi connectivity index (χ0) is 10.2. The number of nitrogens with zero attached hydrogens (tertiary/aromatic N) is 1. The van der Waals surface area contributed by atoms with E-state index < -0.39 is 33.4 Å². The molecule has 1 saturated carbocycles. The maximum absolute atomic E-state index is 11.1. The zero-order valence-electron chi connectivity index (χ0n) is 7.39. The van der Waals surface area contributed by atoms with Crippen LogP contribution in [0.3, 0.4) is 0 Å². The number of aliphatic carboxylic acids is 1. The van der Waals surface area contributed by atoms with Gasteiger partial charge in [-0.1, -0.05) is 0 Å². The van der Waals surface area contributed by atoms with Gasteiger partial charge in [0, 0.05) is 22.2 Å². The second-order valence-corrected chi connectivity index (χ2v) is 5.94. The molecule has 0 heterocycles. The van der Waals surface area contributed by atoms with Gasteiger partial charge in [-0.2, -0.15) is 4.36 Å². The molecule has 2 unspecified atom stereocenters. The summed E-state index contributed by atoms with van der Waals surface area (Å²) in [7, 11) is -2.44. The Bertz CT molecular complexity index is 359. The van der Waals surface area contributed by atoms with Crippen molar-refractivity contribution in [1.29, 1.82) is 0 Å².